The summed E-state index contributed by atoms with van der Waals surface area (Å²) in [7, 11) is 0. The van der Waals surface area contributed by atoms with Gasteiger partial charge >= 0.3 is 0 Å². The maximum atomic E-state index is 6.01. The lowest BCUT2D eigenvalue weighted by atomic mass is 9.92. The van der Waals surface area contributed by atoms with E-state index in [1.54, 1.807) is 0 Å². The maximum Gasteiger partial charge on any atom is 0.183 e. The van der Waals surface area contributed by atoms with Crippen molar-refractivity contribution in [2.45, 2.75) is 40.0 Å². The van der Waals surface area contributed by atoms with E-state index in [1.165, 1.54) is 0 Å². The number of imidazole rings is 1. The van der Waals surface area contributed by atoms with Gasteiger partial charge in [-0.15, -0.1) is 10.2 Å². The predicted molar refractivity (Wildman–Crippen MR) is 99.0 cm³/mol. The number of benzene rings is 1. The zero-order valence-corrected chi connectivity index (χ0v) is 15.4. The fourth-order valence-corrected chi connectivity index (χ4v) is 2.85. The lowest BCUT2D eigenvalue weighted by molar-refractivity contribution is 0.573. The molecule has 0 saturated carbocycles. The highest BCUT2D eigenvalue weighted by Gasteiger charge is 2.24. The summed E-state index contributed by atoms with van der Waals surface area (Å²) in [6.07, 6.45) is 1.98. The topological polar surface area (TPSA) is 42.0 Å². The summed E-state index contributed by atoms with van der Waals surface area (Å²) in [5.41, 5.74) is 4.65. The van der Waals surface area contributed by atoms with Crippen LogP contribution in [0.3, 0.4) is 0 Å². The van der Waals surface area contributed by atoms with Crippen LogP contribution in [0, 0.1) is 13.8 Å². The molecule has 4 nitrogen and oxygen atoms in total. The molecule has 5 heteroatoms. The Morgan fingerprint density at radius 1 is 1.04 bits per heavy atom. The highest BCUT2D eigenvalue weighted by molar-refractivity contribution is 6.30. The largest absolute Gasteiger partial charge is 0.283 e. The van der Waals surface area contributed by atoms with E-state index in [2.05, 4.69) is 44.0 Å². The first-order valence-electron chi connectivity index (χ1n) is 7.93. The van der Waals surface area contributed by atoms with Crippen molar-refractivity contribution in [1.29, 1.82) is 0 Å². The number of hydrogen-bond acceptors (Lipinski definition) is 3. The standard InChI is InChI=1S/C19H21ClN4/c1-12-7-6-10-24-17(12)21-16(19(3,4)5)18(24)23-22-15-9-8-14(20)11-13(15)2/h6-11H,1-5H3. The monoisotopic (exact) mass is 340 g/mol. The summed E-state index contributed by atoms with van der Waals surface area (Å²) < 4.78 is 2.00. The van der Waals surface area contributed by atoms with Crippen molar-refractivity contribution in [1.82, 2.24) is 9.38 Å². The average molecular weight is 341 g/mol. The normalized spacial score (nSPS) is 12.4. The molecule has 0 aliphatic heterocycles. The molecule has 3 rings (SSSR count). The van der Waals surface area contributed by atoms with E-state index in [1.807, 2.05) is 41.8 Å². The number of nitrogens with zero attached hydrogens (tertiary/aromatic N) is 4. The van der Waals surface area contributed by atoms with E-state index >= 15 is 0 Å². The Labute approximate surface area is 147 Å². The van der Waals surface area contributed by atoms with Crippen molar-refractivity contribution in [3.8, 4) is 0 Å². The van der Waals surface area contributed by atoms with Gasteiger partial charge in [0.2, 0.25) is 0 Å². The second kappa shape index (κ2) is 6.02. The summed E-state index contributed by atoms with van der Waals surface area (Å²) in [6.45, 7) is 10.4. The molecule has 0 bridgehead atoms. The van der Waals surface area contributed by atoms with Gasteiger partial charge in [-0.1, -0.05) is 38.4 Å². The van der Waals surface area contributed by atoms with E-state index in [4.69, 9.17) is 16.6 Å². The van der Waals surface area contributed by atoms with E-state index < -0.39 is 0 Å². The molecule has 0 radical (unpaired) electrons. The zero-order valence-electron chi connectivity index (χ0n) is 14.6. The lowest BCUT2D eigenvalue weighted by Gasteiger charge is -2.15. The third kappa shape index (κ3) is 3.06. The summed E-state index contributed by atoms with van der Waals surface area (Å²) in [6, 6.07) is 9.65. The second-order valence-electron chi connectivity index (χ2n) is 7.05. The highest BCUT2D eigenvalue weighted by atomic mass is 35.5. The van der Waals surface area contributed by atoms with Gasteiger partial charge in [-0.25, -0.2) is 4.98 Å². The van der Waals surface area contributed by atoms with Crippen molar-refractivity contribution in [3.05, 3.63) is 58.4 Å². The van der Waals surface area contributed by atoms with Crippen LogP contribution in [0.5, 0.6) is 0 Å². The highest BCUT2D eigenvalue weighted by Crippen LogP contribution is 2.34. The molecule has 1 aromatic carbocycles. The van der Waals surface area contributed by atoms with Crippen LogP contribution in [0.2, 0.25) is 5.02 Å². The van der Waals surface area contributed by atoms with Crippen molar-refractivity contribution in [2.24, 2.45) is 10.2 Å². The Balaban J connectivity index is 2.17. The van der Waals surface area contributed by atoms with Crippen LogP contribution in [0.4, 0.5) is 11.5 Å². The lowest BCUT2D eigenvalue weighted by Crippen LogP contribution is -2.11. The molecule has 0 aliphatic rings. The van der Waals surface area contributed by atoms with Gasteiger partial charge in [-0.3, -0.25) is 4.40 Å². The van der Waals surface area contributed by atoms with Gasteiger partial charge in [0.15, 0.2) is 5.82 Å². The molecular formula is C19H21ClN4. The summed E-state index contributed by atoms with van der Waals surface area (Å²) in [4.78, 5) is 4.82. The quantitative estimate of drug-likeness (QED) is 0.503. The van der Waals surface area contributed by atoms with Crippen molar-refractivity contribution < 1.29 is 0 Å². The summed E-state index contributed by atoms with van der Waals surface area (Å²) >= 11 is 6.01. The van der Waals surface area contributed by atoms with Gasteiger partial charge in [0.05, 0.1) is 11.4 Å². The van der Waals surface area contributed by atoms with Gasteiger partial charge in [0, 0.05) is 16.6 Å². The van der Waals surface area contributed by atoms with E-state index in [-0.39, 0.29) is 5.41 Å². The number of halogens is 1. The van der Waals surface area contributed by atoms with Crippen LogP contribution in [0.15, 0.2) is 46.8 Å². The van der Waals surface area contributed by atoms with Gasteiger partial charge in [0.1, 0.15) is 5.65 Å². The smallest absolute Gasteiger partial charge is 0.183 e. The Kier molecular flexibility index (Phi) is 4.18. The Morgan fingerprint density at radius 3 is 2.46 bits per heavy atom. The number of fused-ring (bicyclic) bond motifs is 1. The van der Waals surface area contributed by atoms with Gasteiger partial charge in [0.25, 0.3) is 0 Å². The molecule has 24 heavy (non-hydrogen) atoms. The van der Waals surface area contributed by atoms with E-state index in [0.29, 0.717) is 5.02 Å². The van der Waals surface area contributed by atoms with E-state index in [9.17, 15) is 0 Å². The first-order chi connectivity index (χ1) is 11.3. The van der Waals surface area contributed by atoms with Crippen molar-refractivity contribution in [2.75, 3.05) is 0 Å². The van der Waals surface area contributed by atoms with Crippen molar-refractivity contribution >= 4 is 28.8 Å². The molecule has 0 fully saturated rings. The van der Waals surface area contributed by atoms with Crippen LogP contribution in [-0.4, -0.2) is 9.38 Å². The van der Waals surface area contributed by atoms with Gasteiger partial charge in [-0.2, -0.15) is 0 Å². The molecular weight excluding hydrogens is 320 g/mol. The molecule has 124 valence electrons. The van der Waals surface area contributed by atoms with Crippen LogP contribution >= 0.6 is 11.6 Å². The van der Waals surface area contributed by atoms with Crippen LogP contribution < -0.4 is 0 Å². The van der Waals surface area contributed by atoms with Gasteiger partial charge in [-0.05, 0) is 49.2 Å². The van der Waals surface area contributed by atoms with Crippen molar-refractivity contribution in [3.63, 3.8) is 0 Å². The number of azo groups is 1. The minimum atomic E-state index is -0.123. The molecule has 0 saturated heterocycles. The summed E-state index contributed by atoms with van der Waals surface area (Å²) in [5, 5.41) is 9.70. The first-order valence-corrected chi connectivity index (χ1v) is 8.31. The molecule has 0 spiro atoms. The van der Waals surface area contributed by atoms with Crippen LogP contribution in [-0.2, 0) is 5.41 Å². The minimum Gasteiger partial charge on any atom is -0.283 e. The molecule has 0 aliphatic carbocycles. The number of aryl methyl sites for hydroxylation is 2. The molecule has 2 aromatic heterocycles. The molecule has 0 amide bonds. The fourth-order valence-electron chi connectivity index (χ4n) is 2.62. The second-order valence-corrected chi connectivity index (χ2v) is 7.49. The SMILES string of the molecule is Cc1cc(Cl)ccc1N=Nc1c(C(C)(C)C)nc2c(C)cccn12. The minimum absolute atomic E-state index is 0.123. The number of aromatic nitrogens is 2. The predicted octanol–water partition coefficient (Wildman–Crippen LogP) is 6.32. The Morgan fingerprint density at radius 2 is 1.79 bits per heavy atom. The fraction of sp³-hybridized carbons (Fsp3) is 0.316. The Hall–Kier alpha value is -2.20. The number of pyridine rings is 1. The third-order valence-electron chi connectivity index (χ3n) is 3.94. The molecule has 0 N–H and O–H groups in total. The number of rotatable bonds is 2. The molecule has 0 atom stereocenters. The average Bonchev–Trinajstić information content (AvgIpc) is 2.87. The summed E-state index contributed by atoms with van der Waals surface area (Å²) in [5.74, 6) is 0.774. The van der Waals surface area contributed by atoms with Crippen LogP contribution in [0.25, 0.3) is 5.65 Å². The Bertz CT molecular complexity index is 932. The van der Waals surface area contributed by atoms with Gasteiger partial charge < -0.3 is 0 Å². The third-order valence-corrected chi connectivity index (χ3v) is 4.18. The maximum absolute atomic E-state index is 6.01. The number of hydrogen-bond donors (Lipinski definition) is 0. The molecule has 3 aromatic rings. The van der Waals surface area contributed by atoms with Crippen LogP contribution in [0.1, 0.15) is 37.6 Å². The van der Waals surface area contributed by atoms with E-state index in [0.717, 1.165) is 34.0 Å². The zero-order chi connectivity index (χ0) is 17.5. The molecule has 2 heterocycles. The first kappa shape index (κ1) is 16.7. The molecule has 0 unspecified atom stereocenters.